The lowest BCUT2D eigenvalue weighted by Gasteiger charge is -2.15. The molecule has 5 nitrogen and oxygen atoms in total. The molecular weight excluding hydrogens is 291 g/mol. The van der Waals surface area contributed by atoms with Crippen LogP contribution in [0.25, 0.3) is 5.69 Å². The molecule has 0 aromatic carbocycles. The third kappa shape index (κ3) is 3.60. The van der Waals surface area contributed by atoms with E-state index in [1.807, 2.05) is 6.26 Å². The van der Waals surface area contributed by atoms with Crippen LogP contribution >= 0.6 is 11.8 Å². The molecule has 0 saturated heterocycles. The van der Waals surface area contributed by atoms with Crippen LogP contribution in [0.1, 0.15) is 16.2 Å². The molecule has 1 amide bonds. The number of rotatable bonds is 5. The number of nitrogens with zero attached hydrogens (tertiary/aromatic N) is 4. The van der Waals surface area contributed by atoms with Crippen molar-refractivity contribution in [3.63, 3.8) is 0 Å². The molecule has 0 aliphatic rings. The lowest BCUT2D eigenvalue weighted by Crippen LogP contribution is -2.26. The van der Waals surface area contributed by atoms with Crippen LogP contribution in [0.15, 0.2) is 24.7 Å². The fourth-order valence-electron chi connectivity index (χ4n) is 1.76. The highest BCUT2D eigenvalue weighted by Gasteiger charge is 2.16. The molecule has 0 radical (unpaired) electrons. The van der Waals surface area contributed by atoms with Crippen LogP contribution in [0.3, 0.4) is 0 Å². The molecule has 0 unspecified atom stereocenters. The van der Waals surface area contributed by atoms with Gasteiger partial charge in [-0.3, -0.25) is 9.78 Å². The third-order valence-corrected chi connectivity index (χ3v) is 3.45. The smallest absolute Gasteiger partial charge is 0.227 e. The Balaban J connectivity index is 2.42. The molecule has 0 saturated carbocycles. The first-order valence-electron chi connectivity index (χ1n) is 7.73. The molecule has 2 aromatic rings. The largest absolute Gasteiger partial charge is 0.312 e. The van der Waals surface area contributed by atoms with Gasteiger partial charge in [0.1, 0.15) is 5.82 Å². The van der Waals surface area contributed by atoms with Gasteiger partial charge in [-0.25, -0.2) is 9.07 Å². The van der Waals surface area contributed by atoms with Gasteiger partial charge >= 0.3 is 0 Å². The first-order chi connectivity index (χ1) is 11.2. The zero-order valence-corrected chi connectivity index (χ0v) is 12.5. The zero-order valence-electron chi connectivity index (χ0n) is 14.7. The van der Waals surface area contributed by atoms with E-state index in [-0.39, 0.29) is 12.1 Å². The highest BCUT2D eigenvalue weighted by atomic mass is 32.2. The Morgan fingerprint density at radius 1 is 1.57 bits per heavy atom. The number of hydrogen-bond acceptors (Lipinski definition) is 4. The number of thioether (sulfide) groups is 1. The van der Waals surface area contributed by atoms with E-state index in [2.05, 4.69) is 10.1 Å². The summed E-state index contributed by atoms with van der Waals surface area (Å²) in [7, 11) is 0. The lowest BCUT2D eigenvalue weighted by atomic mass is 10.3. The van der Waals surface area contributed by atoms with Gasteiger partial charge in [0.05, 0.1) is 35.7 Å². The third-order valence-electron chi connectivity index (χ3n) is 2.84. The minimum Gasteiger partial charge on any atom is -0.312 e. The van der Waals surface area contributed by atoms with Gasteiger partial charge in [-0.05, 0) is 13.2 Å². The summed E-state index contributed by atoms with van der Waals surface area (Å²) in [4.78, 5) is 16.9. The van der Waals surface area contributed by atoms with E-state index < -0.39 is 18.7 Å². The SMILES string of the molecule is [2H]C([2H])([2H])N(C(=O)CCSC)c1cn(-c2cncc(F)c2)nc1C. The summed E-state index contributed by atoms with van der Waals surface area (Å²) >= 11 is 1.46. The Hall–Kier alpha value is -1.89. The predicted octanol–water partition coefficient (Wildman–Crippen LogP) is 2.43. The molecule has 0 atom stereocenters. The van der Waals surface area contributed by atoms with Crippen LogP contribution in [0.2, 0.25) is 0 Å². The van der Waals surface area contributed by atoms with Gasteiger partial charge in [-0.15, -0.1) is 0 Å². The fourth-order valence-corrected chi connectivity index (χ4v) is 2.14. The second kappa shape index (κ2) is 6.71. The van der Waals surface area contributed by atoms with Gasteiger partial charge in [0, 0.05) is 29.3 Å². The standard InChI is InChI=1S/C14H17FN4OS/c1-10-13(18(2)14(20)4-5-21-3)9-19(17-10)12-6-11(15)7-16-8-12/h6-9H,4-5H2,1-3H3/i2D3. The number of hydrogen-bond donors (Lipinski definition) is 0. The van der Waals surface area contributed by atoms with E-state index in [0.29, 0.717) is 17.1 Å². The van der Waals surface area contributed by atoms with Crippen LogP contribution in [0, 0.1) is 12.7 Å². The molecule has 2 heterocycles. The maximum Gasteiger partial charge on any atom is 0.227 e. The molecule has 0 bridgehead atoms. The van der Waals surface area contributed by atoms with Gasteiger partial charge in [0.25, 0.3) is 0 Å². The summed E-state index contributed by atoms with van der Waals surface area (Å²) in [5, 5.41) is 4.18. The van der Waals surface area contributed by atoms with E-state index in [0.717, 1.165) is 11.1 Å². The molecule has 0 fully saturated rings. The molecule has 112 valence electrons. The Bertz CT molecular complexity index is 735. The van der Waals surface area contributed by atoms with Crippen molar-refractivity contribution in [2.75, 3.05) is 23.9 Å². The van der Waals surface area contributed by atoms with Crippen LogP contribution < -0.4 is 4.90 Å². The van der Waals surface area contributed by atoms with Gasteiger partial charge < -0.3 is 4.90 Å². The normalized spacial score (nSPS) is 13.4. The Kier molecular flexibility index (Phi) is 3.75. The number of carbonyl (C=O) groups is 1. The van der Waals surface area contributed by atoms with Crippen LogP contribution in [0.4, 0.5) is 10.1 Å². The topological polar surface area (TPSA) is 51.0 Å². The van der Waals surface area contributed by atoms with Crippen LogP contribution in [-0.4, -0.2) is 39.7 Å². The number of anilines is 1. The summed E-state index contributed by atoms with van der Waals surface area (Å²) in [5.41, 5.74) is 0.865. The molecule has 0 aliphatic carbocycles. The average Bonchev–Trinajstić information content (AvgIpc) is 2.85. The molecule has 0 aliphatic heterocycles. The monoisotopic (exact) mass is 311 g/mol. The highest BCUT2D eigenvalue weighted by Crippen LogP contribution is 2.21. The van der Waals surface area contributed by atoms with Crippen molar-refractivity contribution in [1.29, 1.82) is 0 Å². The average molecular weight is 311 g/mol. The summed E-state index contributed by atoms with van der Waals surface area (Å²) in [5.74, 6) is -0.526. The molecule has 0 N–H and O–H groups in total. The van der Waals surface area contributed by atoms with Gasteiger partial charge in [-0.2, -0.15) is 16.9 Å². The highest BCUT2D eigenvalue weighted by molar-refractivity contribution is 7.98. The number of amides is 1. The predicted molar refractivity (Wildman–Crippen MR) is 82.5 cm³/mol. The summed E-state index contributed by atoms with van der Waals surface area (Å²) in [6.45, 7) is -1.03. The zero-order chi connectivity index (χ0) is 17.9. The lowest BCUT2D eigenvalue weighted by molar-refractivity contribution is -0.117. The van der Waals surface area contributed by atoms with Crippen molar-refractivity contribution >= 4 is 23.4 Å². The Labute approximate surface area is 131 Å². The molecule has 2 rings (SSSR count). The summed E-state index contributed by atoms with van der Waals surface area (Å²) < 4.78 is 37.6. The van der Waals surface area contributed by atoms with Gasteiger partial charge in [-0.1, -0.05) is 0 Å². The maximum absolute atomic E-state index is 13.3. The van der Waals surface area contributed by atoms with Crippen LogP contribution in [0.5, 0.6) is 0 Å². The number of carbonyl (C=O) groups excluding carboxylic acids is 1. The quantitative estimate of drug-likeness (QED) is 0.851. The van der Waals surface area contributed by atoms with Crippen molar-refractivity contribution in [1.82, 2.24) is 14.8 Å². The van der Waals surface area contributed by atoms with Gasteiger partial charge in [0.2, 0.25) is 5.91 Å². The molecule has 2 aromatic heterocycles. The second-order valence-corrected chi connectivity index (χ2v) is 5.36. The molecule has 7 heteroatoms. The van der Waals surface area contributed by atoms with Crippen molar-refractivity contribution in [2.45, 2.75) is 13.3 Å². The maximum atomic E-state index is 13.3. The minimum absolute atomic E-state index is 0.103. The van der Waals surface area contributed by atoms with Crippen molar-refractivity contribution in [2.24, 2.45) is 0 Å². The van der Waals surface area contributed by atoms with Crippen molar-refractivity contribution < 1.29 is 13.3 Å². The van der Waals surface area contributed by atoms with E-state index in [9.17, 15) is 9.18 Å². The van der Waals surface area contributed by atoms with Crippen molar-refractivity contribution in [3.8, 4) is 5.69 Å². The van der Waals surface area contributed by atoms with E-state index in [4.69, 9.17) is 4.11 Å². The minimum atomic E-state index is -2.63. The van der Waals surface area contributed by atoms with Gasteiger partial charge in [0.15, 0.2) is 0 Å². The first-order valence-corrected chi connectivity index (χ1v) is 7.62. The Morgan fingerprint density at radius 2 is 2.38 bits per heavy atom. The fraction of sp³-hybridized carbons (Fsp3) is 0.357. The number of pyridine rings is 1. The summed E-state index contributed by atoms with van der Waals surface area (Å²) in [6.07, 6.45) is 5.80. The number of aryl methyl sites for hydroxylation is 1. The first kappa shape index (κ1) is 11.7. The van der Waals surface area contributed by atoms with E-state index in [1.54, 1.807) is 6.92 Å². The number of aromatic nitrogens is 3. The Morgan fingerprint density at radius 3 is 3.05 bits per heavy atom. The van der Waals surface area contributed by atoms with Crippen molar-refractivity contribution in [3.05, 3.63) is 36.2 Å². The van der Waals surface area contributed by atoms with Crippen LogP contribution in [-0.2, 0) is 4.79 Å². The molecule has 0 spiro atoms. The second-order valence-electron chi connectivity index (χ2n) is 4.38. The molecular formula is C14H17FN4OS. The van der Waals surface area contributed by atoms with E-state index in [1.165, 1.54) is 34.9 Å². The van der Waals surface area contributed by atoms with E-state index >= 15 is 0 Å². The summed E-state index contributed by atoms with van der Waals surface area (Å²) in [6, 6.07) is 1.22. The number of halogens is 1. The molecule has 21 heavy (non-hydrogen) atoms.